The average Bonchev–Trinajstić information content (AvgIpc) is 2.56. The lowest BCUT2D eigenvalue weighted by molar-refractivity contribution is -0.757. The minimum absolute atomic E-state index is 0.0170. The number of carbonyl (C=O) groups excluding carboxylic acids is 1. The maximum Gasteiger partial charge on any atom is 0.294 e. The molecule has 0 fully saturated rings. The topological polar surface area (TPSA) is 94.4 Å². The van der Waals surface area contributed by atoms with Crippen LogP contribution in [-0.4, -0.2) is 29.5 Å². The fourth-order valence-corrected chi connectivity index (χ4v) is 2.03. The molecule has 0 spiro atoms. The molecule has 0 aliphatic heterocycles. The largest absolute Gasteiger partial charge is 0.355 e. The molecule has 0 bridgehead atoms. The molecule has 7 nitrogen and oxygen atoms in total. The molecule has 0 unspecified atom stereocenters. The van der Waals surface area contributed by atoms with E-state index in [1.165, 1.54) is 11.3 Å². The number of thiazole rings is 1. The van der Waals surface area contributed by atoms with Gasteiger partial charge in [0, 0.05) is 11.3 Å². The quantitative estimate of drug-likeness (QED) is 0.434. The maximum absolute atomic E-state index is 10.1. The van der Waals surface area contributed by atoms with Gasteiger partial charge in [-0.2, -0.15) is 0 Å². The van der Waals surface area contributed by atoms with Crippen LogP contribution in [0.2, 0.25) is 0 Å². The summed E-state index contributed by atoms with van der Waals surface area (Å²) in [5, 5.41) is 12.6. The van der Waals surface area contributed by atoms with Gasteiger partial charge in [0.2, 0.25) is 0 Å². The zero-order chi connectivity index (χ0) is 12.0. The van der Waals surface area contributed by atoms with Crippen LogP contribution in [0.4, 0.5) is 5.13 Å². The van der Waals surface area contributed by atoms with Crippen molar-refractivity contribution >= 4 is 22.8 Å². The van der Waals surface area contributed by atoms with E-state index >= 15 is 0 Å². The van der Waals surface area contributed by atoms with Gasteiger partial charge in [0.15, 0.2) is 5.13 Å². The third-order valence-corrected chi connectivity index (χ3v) is 2.93. The van der Waals surface area contributed by atoms with E-state index in [0.29, 0.717) is 11.6 Å². The van der Waals surface area contributed by atoms with Crippen molar-refractivity contribution in [3.63, 3.8) is 0 Å². The van der Waals surface area contributed by atoms with Gasteiger partial charge in [0.25, 0.3) is 5.09 Å². The van der Waals surface area contributed by atoms with Crippen molar-refractivity contribution in [2.75, 3.05) is 18.5 Å². The normalized spacial score (nSPS) is 9.81. The van der Waals surface area contributed by atoms with Gasteiger partial charge in [-0.3, -0.25) is 0 Å². The van der Waals surface area contributed by atoms with E-state index in [9.17, 15) is 14.9 Å². The molecule has 1 aromatic rings. The molecular weight excluding hydrogens is 234 g/mol. The molecule has 0 aliphatic rings. The summed E-state index contributed by atoms with van der Waals surface area (Å²) in [5.41, 5.74) is 0.797. The molecule has 0 atom stereocenters. The molecule has 1 N–H and O–H groups in total. The van der Waals surface area contributed by atoms with Gasteiger partial charge < -0.3 is 14.9 Å². The number of aromatic nitrogens is 1. The van der Waals surface area contributed by atoms with Crippen LogP contribution in [-0.2, 0) is 16.1 Å². The van der Waals surface area contributed by atoms with Gasteiger partial charge in [-0.25, -0.2) is 4.98 Å². The Morgan fingerprint density at radius 2 is 2.44 bits per heavy atom. The fraction of sp³-hybridized carbons (Fsp3) is 0.500. The highest BCUT2D eigenvalue weighted by Gasteiger charge is 2.07. The number of aryl methyl sites for hydroxylation is 1. The first kappa shape index (κ1) is 12.4. The minimum Gasteiger partial charge on any atom is -0.355 e. The number of nitrogens with zero attached hydrogens (tertiary/aromatic N) is 2. The van der Waals surface area contributed by atoms with Gasteiger partial charge in [0.1, 0.15) is 12.9 Å². The first-order valence-electron chi connectivity index (χ1n) is 4.54. The molecule has 0 saturated carbocycles. The smallest absolute Gasteiger partial charge is 0.294 e. The van der Waals surface area contributed by atoms with Crippen molar-refractivity contribution in [1.29, 1.82) is 0 Å². The first-order chi connectivity index (χ1) is 7.63. The highest BCUT2D eigenvalue weighted by atomic mass is 32.1. The van der Waals surface area contributed by atoms with Crippen LogP contribution < -0.4 is 5.32 Å². The minimum atomic E-state index is -0.818. The van der Waals surface area contributed by atoms with E-state index in [-0.39, 0.29) is 13.2 Å². The van der Waals surface area contributed by atoms with Crippen molar-refractivity contribution in [2.24, 2.45) is 0 Å². The second-order valence-electron chi connectivity index (χ2n) is 2.88. The molecule has 0 aromatic carbocycles. The molecule has 1 aromatic heterocycles. The lowest BCUT2D eigenvalue weighted by Gasteiger charge is -1.96. The summed E-state index contributed by atoms with van der Waals surface area (Å²) < 4.78 is 0. The molecule has 88 valence electrons. The monoisotopic (exact) mass is 245 g/mol. The van der Waals surface area contributed by atoms with Crippen LogP contribution in [0.5, 0.6) is 0 Å². The van der Waals surface area contributed by atoms with E-state index in [1.807, 2.05) is 6.92 Å². The highest BCUT2D eigenvalue weighted by Crippen LogP contribution is 2.22. The SMILES string of the molecule is Cc1nc(NCC=O)sc1CCO[N+](=O)[O-]. The number of aldehydes is 1. The number of rotatable bonds is 7. The molecule has 0 radical (unpaired) electrons. The number of hydrogen-bond donors (Lipinski definition) is 1. The summed E-state index contributed by atoms with van der Waals surface area (Å²) in [5.74, 6) is 0. The third-order valence-electron chi connectivity index (χ3n) is 1.76. The van der Waals surface area contributed by atoms with Gasteiger partial charge in [-0.1, -0.05) is 0 Å². The van der Waals surface area contributed by atoms with E-state index in [2.05, 4.69) is 15.1 Å². The molecule has 16 heavy (non-hydrogen) atoms. The highest BCUT2D eigenvalue weighted by molar-refractivity contribution is 7.15. The van der Waals surface area contributed by atoms with Crippen molar-refractivity contribution in [1.82, 2.24) is 4.98 Å². The second-order valence-corrected chi connectivity index (χ2v) is 3.97. The zero-order valence-electron chi connectivity index (χ0n) is 8.63. The van der Waals surface area contributed by atoms with Gasteiger partial charge in [-0.05, 0) is 6.92 Å². The fourth-order valence-electron chi connectivity index (χ4n) is 1.08. The molecule has 8 heteroatoms. The maximum atomic E-state index is 10.1. The summed E-state index contributed by atoms with van der Waals surface area (Å²) in [6, 6.07) is 0. The lowest BCUT2D eigenvalue weighted by atomic mass is 10.3. The molecule has 1 rings (SSSR count). The Hall–Kier alpha value is -1.70. The standard InChI is InChI=1S/C8H11N3O4S/c1-6-7(2-5-15-11(13)14)16-8(10-6)9-3-4-12/h4H,2-3,5H2,1H3,(H,9,10). The zero-order valence-corrected chi connectivity index (χ0v) is 9.45. The predicted octanol–water partition coefficient (Wildman–Crippen LogP) is 0.813. The van der Waals surface area contributed by atoms with Crippen molar-refractivity contribution in [3.8, 4) is 0 Å². The summed E-state index contributed by atoms with van der Waals surface area (Å²) in [6.45, 7) is 2.03. The predicted molar refractivity (Wildman–Crippen MR) is 58.1 cm³/mol. The van der Waals surface area contributed by atoms with Gasteiger partial charge in [-0.15, -0.1) is 21.5 Å². The Labute approximate surface area is 95.5 Å². The van der Waals surface area contributed by atoms with Crippen molar-refractivity contribution in [3.05, 3.63) is 20.7 Å². The molecule has 0 saturated heterocycles. The van der Waals surface area contributed by atoms with E-state index in [4.69, 9.17) is 0 Å². The molecule has 0 aliphatic carbocycles. The van der Waals surface area contributed by atoms with Crippen molar-refractivity contribution in [2.45, 2.75) is 13.3 Å². The summed E-state index contributed by atoms with van der Waals surface area (Å²) in [6.07, 6.45) is 1.18. The van der Waals surface area contributed by atoms with Gasteiger partial charge in [0.05, 0.1) is 12.2 Å². The Balaban J connectivity index is 2.49. The van der Waals surface area contributed by atoms with Crippen LogP contribution in [0, 0.1) is 17.0 Å². The van der Waals surface area contributed by atoms with Gasteiger partial charge >= 0.3 is 0 Å². The van der Waals surface area contributed by atoms with Crippen LogP contribution in [0.3, 0.4) is 0 Å². The Morgan fingerprint density at radius 3 is 3.06 bits per heavy atom. The van der Waals surface area contributed by atoms with Crippen LogP contribution in [0.1, 0.15) is 10.6 Å². The summed E-state index contributed by atoms with van der Waals surface area (Å²) >= 11 is 1.37. The Kier molecular flexibility index (Phi) is 4.65. The van der Waals surface area contributed by atoms with E-state index < -0.39 is 5.09 Å². The number of nitrogens with one attached hydrogen (secondary N) is 1. The summed E-state index contributed by atoms with van der Waals surface area (Å²) in [4.78, 5) is 29.4. The van der Waals surface area contributed by atoms with E-state index in [1.54, 1.807) is 0 Å². The van der Waals surface area contributed by atoms with Crippen molar-refractivity contribution < 1.29 is 14.7 Å². The number of anilines is 1. The van der Waals surface area contributed by atoms with Crippen LogP contribution in [0.25, 0.3) is 0 Å². The van der Waals surface area contributed by atoms with Crippen LogP contribution in [0.15, 0.2) is 0 Å². The second kappa shape index (κ2) is 6.01. The Morgan fingerprint density at radius 1 is 1.69 bits per heavy atom. The lowest BCUT2D eigenvalue weighted by Crippen LogP contribution is -2.04. The average molecular weight is 245 g/mol. The number of carbonyl (C=O) groups is 1. The first-order valence-corrected chi connectivity index (χ1v) is 5.36. The van der Waals surface area contributed by atoms with Crippen LogP contribution >= 0.6 is 11.3 Å². The number of hydrogen-bond acceptors (Lipinski definition) is 7. The Bertz CT molecular complexity index is 379. The molecule has 0 amide bonds. The van der Waals surface area contributed by atoms with E-state index in [0.717, 1.165) is 16.9 Å². The molecular formula is C8H11N3O4S. The summed E-state index contributed by atoms with van der Waals surface area (Å²) in [7, 11) is 0. The molecule has 1 heterocycles. The third kappa shape index (κ3) is 3.81.